The summed E-state index contributed by atoms with van der Waals surface area (Å²) in [5, 5.41) is 16.7. The first kappa shape index (κ1) is 19.4. The summed E-state index contributed by atoms with van der Waals surface area (Å²) in [6.07, 6.45) is 0. The van der Waals surface area contributed by atoms with Gasteiger partial charge < -0.3 is 15.2 Å². The van der Waals surface area contributed by atoms with Crippen molar-refractivity contribution in [1.29, 1.82) is 0 Å². The lowest BCUT2D eigenvalue weighted by molar-refractivity contribution is -0.113. The molecule has 0 spiro atoms. The number of benzene rings is 1. The van der Waals surface area contributed by atoms with E-state index in [0.717, 1.165) is 0 Å². The van der Waals surface area contributed by atoms with Crippen molar-refractivity contribution in [2.75, 3.05) is 11.1 Å². The van der Waals surface area contributed by atoms with Gasteiger partial charge in [0.1, 0.15) is 0 Å². The summed E-state index contributed by atoms with van der Waals surface area (Å²) in [6.45, 7) is 0.259. The minimum atomic E-state index is -0.169. The van der Waals surface area contributed by atoms with E-state index in [4.69, 9.17) is 11.6 Å². The van der Waals surface area contributed by atoms with E-state index in [0.29, 0.717) is 26.6 Å². The second-order valence-electron chi connectivity index (χ2n) is 5.46. The van der Waals surface area contributed by atoms with Crippen LogP contribution in [0.4, 0.5) is 5.69 Å². The van der Waals surface area contributed by atoms with Gasteiger partial charge in [0.15, 0.2) is 11.0 Å². The van der Waals surface area contributed by atoms with Crippen LogP contribution in [0, 0.1) is 0 Å². The maximum absolute atomic E-state index is 12.1. The van der Waals surface area contributed by atoms with Gasteiger partial charge in [-0.05, 0) is 29.6 Å². The minimum absolute atomic E-state index is 0.150. The number of thiophene rings is 1. The van der Waals surface area contributed by atoms with Gasteiger partial charge in [0, 0.05) is 17.8 Å². The Labute approximate surface area is 169 Å². The van der Waals surface area contributed by atoms with Gasteiger partial charge in [0.05, 0.1) is 17.2 Å². The normalized spacial score (nSPS) is 10.6. The predicted octanol–water partition coefficient (Wildman–Crippen LogP) is 3.19. The highest BCUT2D eigenvalue weighted by Gasteiger charge is 2.13. The summed E-state index contributed by atoms with van der Waals surface area (Å²) in [5.74, 6) is 0.471. The maximum Gasteiger partial charge on any atom is 0.261 e. The molecule has 0 unspecified atom stereocenters. The summed E-state index contributed by atoms with van der Waals surface area (Å²) >= 11 is 8.54. The number of aromatic nitrogens is 3. The second kappa shape index (κ2) is 9.03. The molecule has 3 rings (SSSR count). The first-order chi connectivity index (χ1) is 13.0. The van der Waals surface area contributed by atoms with Crippen LogP contribution in [-0.2, 0) is 18.4 Å². The Morgan fingerprint density at radius 3 is 2.85 bits per heavy atom. The van der Waals surface area contributed by atoms with E-state index < -0.39 is 0 Å². The van der Waals surface area contributed by atoms with E-state index in [1.807, 2.05) is 11.4 Å². The minimum Gasteiger partial charge on any atom is -0.344 e. The molecule has 7 nitrogen and oxygen atoms in total. The van der Waals surface area contributed by atoms with E-state index in [1.165, 1.54) is 23.1 Å². The average molecular weight is 422 g/mol. The lowest BCUT2D eigenvalue weighted by atomic mass is 10.3. The Kier molecular flexibility index (Phi) is 6.49. The lowest BCUT2D eigenvalue weighted by Gasteiger charge is -2.06. The number of nitrogens with one attached hydrogen (secondary N) is 2. The van der Waals surface area contributed by atoms with Crippen LogP contribution in [0.25, 0.3) is 0 Å². The van der Waals surface area contributed by atoms with E-state index >= 15 is 0 Å². The summed E-state index contributed by atoms with van der Waals surface area (Å²) in [6, 6.07) is 10.5. The third-order valence-electron chi connectivity index (χ3n) is 3.52. The molecule has 1 aromatic carbocycles. The van der Waals surface area contributed by atoms with Gasteiger partial charge in [-0.2, -0.15) is 0 Å². The number of hydrogen-bond donors (Lipinski definition) is 2. The Bertz CT molecular complexity index is 943. The second-order valence-corrected chi connectivity index (χ2v) is 7.79. The summed E-state index contributed by atoms with van der Waals surface area (Å²) in [5.41, 5.74) is 0.642. The Balaban J connectivity index is 1.51. The number of carbonyl (C=O) groups is 2. The first-order valence-corrected chi connectivity index (χ1v) is 10.2. The highest BCUT2D eigenvalue weighted by molar-refractivity contribution is 7.99. The molecule has 0 aliphatic rings. The fourth-order valence-corrected chi connectivity index (χ4v) is 3.73. The zero-order valence-electron chi connectivity index (χ0n) is 14.3. The molecule has 2 N–H and O–H groups in total. The third kappa shape index (κ3) is 5.31. The van der Waals surface area contributed by atoms with Crippen LogP contribution < -0.4 is 10.6 Å². The number of halogens is 1. The Morgan fingerprint density at radius 1 is 1.26 bits per heavy atom. The molecule has 27 heavy (non-hydrogen) atoms. The van der Waals surface area contributed by atoms with Gasteiger partial charge in [-0.25, -0.2) is 0 Å². The van der Waals surface area contributed by atoms with Gasteiger partial charge in [-0.15, -0.1) is 21.5 Å². The van der Waals surface area contributed by atoms with Crippen molar-refractivity contribution in [3.8, 4) is 0 Å². The smallest absolute Gasteiger partial charge is 0.261 e. The number of anilines is 1. The standard InChI is InChI=1S/C17H16ClN5O2S2/c1-23-14(9-19-16(25)13-6-3-7-26-13)21-22-17(23)27-10-15(24)20-12-5-2-4-11(18)8-12/h2-8H,9-10H2,1H3,(H,19,25)(H,20,24). The Morgan fingerprint density at radius 2 is 2.11 bits per heavy atom. The van der Waals surface area contributed by atoms with E-state index in [9.17, 15) is 9.59 Å². The van der Waals surface area contributed by atoms with Crippen molar-refractivity contribution in [3.05, 3.63) is 57.5 Å². The molecule has 2 aromatic heterocycles. The van der Waals surface area contributed by atoms with Crippen LogP contribution in [0.2, 0.25) is 5.02 Å². The molecule has 0 radical (unpaired) electrons. The fraction of sp³-hybridized carbons (Fsp3) is 0.176. The van der Waals surface area contributed by atoms with Gasteiger partial charge in [0.25, 0.3) is 5.91 Å². The third-order valence-corrected chi connectivity index (χ3v) is 5.64. The van der Waals surface area contributed by atoms with Crippen molar-refractivity contribution >= 4 is 52.2 Å². The highest BCUT2D eigenvalue weighted by Crippen LogP contribution is 2.18. The number of thioether (sulfide) groups is 1. The Hall–Kier alpha value is -2.36. The molecule has 2 heterocycles. The molecule has 0 aliphatic carbocycles. The monoisotopic (exact) mass is 421 g/mol. The molecule has 0 atom stereocenters. The van der Waals surface area contributed by atoms with Gasteiger partial charge >= 0.3 is 0 Å². The van der Waals surface area contributed by atoms with E-state index in [2.05, 4.69) is 20.8 Å². The van der Waals surface area contributed by atoms with Crippen molar-refractivity contribution in [2.45, 2.75) is 11.7 Å². The number of rotatable bonds is 7. The van der Waals surface area contributed by atoms with Crippen LogP contribution in [0.1, 0.15) is 15.5 Å². The number of amides is 2. The maximum atomic E-state index is 12.1. The topological polar surface area (TPSA) is 88.9 Å². The molecule has 140 valence electrons. The number of hydrogen-bond acceptors (Lipinski definition) is 6. The molecule has 10 heteroatoms. The van der Waals surface area contributed by atoms with Crippen molar-refractivity contribution in [2.24, 2.45) is 7.05 Å². The average Bonchev–Trinajstić information content (AvgIpc) is 3.28. The van der Waals surface area contributed by atoms with Crippen LogP contribution in [0.15, 0.2) is 46.9 Å². The van der Waals surface area contributed by atoms with Gasteiger partial charge in [-0.1, -0.05) is 35.5 Å². The van der Waals surface area contributed by atoms with Crippen LogP contribution >= 0.6 is 34.7 Å². The predicted molar refractivity (Wildman–Crippen MR) is 107 cm³/mol. The van der Waals surface area contributed by atoms with Crippen molar-refractivity contribution in [3.63, 3.8) is 0 Å². The molecule has 0 fully saturated rings. The first-order valence-electron chi connectivity index (χ1n) is 7.91. The quantitative estimate of drug-likeness (QED) is 0.572. The lowest BCUT2D eigenvalue weighted by Crippen LogP contribution is -2.23. The van der Waals surface area contributed by atoms with E-state index in [1.54, 1.807) is 41.9 Å². The molecular weight excluding hydrogens is 406 g/mol. The molecule has 0 aliphatic heterocycles. The number of nitrogens with zero attached hydrogens (tertiary/aromatic N) is 3. The van der Waals surface area contributed by atoms with Crippen molar-refractivity contribution < 1.29 is 9.59 Å². The molecule has 0 bridgehead atoms. The summed E-state index contributed by atoms with van der Waals surface area (Å²) in [4.78, 5) is 24.7. The molecule has 2 amide bonds. The molecule has 0 saturated heterocycles. The fourth-order valence-electron chi connectivity index (χ4n) is 2.17. The van der Waals surface area contributed by atoms with Gasteiger partial charge in [0.2, 0.25) is 5.91 Å². The highest BCUT2D eigenvalue weighted by atomic mass is 35.5. The molecule has 3 aromatic rings. The van der Waals surface area contributed by atoms with Crippen LogP contribution in [-0.4, -0.2) is 32.3 Å². The summed E-state index contributed by atoms with van der Waals surface area (Å²) < 4.78 is 1.76. The van der Waals surface area contributed by atoms with Crippen molar-refractivity contribution in [1.82, 2.24) is 20.1 Å². The zero-order chi connectivity index (χ0) is 19.2. The number of carbonyl (C=O) groups excluding carboxylic acids is 2. The molecule has 0 saturated carbocycles. The SMILES string of the molecule is Cn1c(CNC(=O)c2cccs2)nnc1SCC(=O)Nc1cccc(Cl)c1. The van der Waals surface area contributed by atoms with Gasteiger partial charge in [-0.3, -0.25) is 9.59 Å². The van der Waals surface area contributed by atoms with E-state index in [-0.39, 0.29) is 24.1 Å². The summed E-state index contributed by atoms with van der Waals surface area (Å²) in [7, 11) is 1.80. The molecular formula is C17H16ClN5O2S2. The zero-order valence-corrected chi connectivity index (χ0v) is 16.7. The van der Waals surface area contributed by atoms with Crippen LogP contribution in [0.5, 0.6) is 0 Å². The van der Waals surface area contributed by atoms with Crippen LogP contribution in [0.3, 0.4) is 0 Å². The largest absolute Gasteiger partial charge is 0.344 e.